The molecule has 6 nitrogen and oxygen atoms in total. The van der Waals surface area contributed by atoms with Crippen molar-refractivity contribution in [2.75, 3.05) is 6.54 Å². The first-order chi connectivity index (χ1) is 15.1. The van der Waals surface area contributed by atoms with Crippen LogP contribution < -0.4 is 5.48 Å². The van der Waals surface area contributed by atoms with Crippen LogP contribution in [0.4, 0.5) is 0 Å². The standard InChI is InChI=1S/C25H28N4O2/c1-18-23(19(2)29(26-18)22-7-4-3-5-8-22)17-28-16-6-9-24(28)21-13-10-20(11-14-21)12-15-25(30)27-31/h3-5,7-8,10-15,24,31H,6,9,16-17H2,1-2H3,(H,27,30). The van der Waals surface area contributed by atoms with Crippen LogP contribution in [0.1, 0.15) is 47.0 Å². The van der Waals surface area contributed by atoms with Gasteiger partial charge >= 0.3 is 0 Å². The highest BCUT2D eigenvalue weighted by Gasteiger charge is 2.27. The molecule has 0 bridgehead atoms. The van der Waals surface area contributed by atoms with Crippen molar-refractivity contribution in [2.24, 2.45) is 0 Å². The van der Waals surface area contributed by atoms with Crippen molar-refractivity contribution >= 4 is 12.0 Å². The highest BCUT2D eigenvalue weighted by atomic mass is 16.5. The summed E-state index contributed by atoms with van der Waals surface area (Å²) in [6.07, 6.45) is 5.31. The fourth-order valence-electron chi connectivity index (χ4n) is 4.36. The maximum atomic E-state index is 11.2. The third-order valence-corrected chi connectivity index (χ3v) is 6.03. The van der Waals surface area contributed by atoms with Crippen LogP contribution in [-0.2, 0) is 11.3 Å². The van der Waals surface area contributed by atoms with Crippen LogP contribution in [0.3, 0.4) is 0 Å². The molecule has 31 heavy (non-hydrogen) atoms. The number of nitrogens with one attached hydrogen (secondary N) is 1. The molecule has 4 rings (SSSR count). The van der Waals surface area contributed by atoms with Crippen molar-refractivity contribution in [1.29, 1.82) is 0 Å². The van der Waals surface area contributed by atoms with E-state index < -0.39 is 5.91 Å². The Hall–Kier alpha value is -3.22. The molecule has 160 valence electrons. The lowest BCUT2D eigenvalue weighted by molar-refractivity contribution is -0.124. The Bertz CT molecular complexity index is 1070. The van der Waals surface area contributed by atoms with Crippen molar-refractivity contribution in [3.05, 3.63) is 88.8 Å². The lowest BCUT2D eigenvalue weighted by Crippen LogP contribution is -2.23. The quantitative estimate of drug-likeness (QED) is 0.356. The molecule has 0 spiro atoms. The molecule has 1 fully saturated rings. The molecule has 2 N–H and O–H groups in total. The summed E-state index contributed by atoms with van der Waals surface area (Å²) in [7, 11) is 0. The number of nitrogens with zero attached hydrogens (tertiary/aromatic N) is 3. The van der Waals surface area contributed by atoms with Gasteiger partial charge in [-0.25, -0.2) is 10.2 Å². The summed E-state index contributed by atoms with van der Waals surface area (Å²) in [6, 6.07) is 18.9. The number of hydroxylamine groups is 1. The third-order valence-electron chi connectivity index (χ3n) is 6.03. The number of carbonyl (C=O) groups is 1. The second-order valence-corrected chi connectivity index (χ2v) is 8.00. The van der Waals surface area contributed by atoms with Crippen LogP contribution in [0.2, 0.25) is 0 Å². The van der Waals surface area contributed by atoms with E-state index in [4.69, 9.17) is 10.3 Å². The molecule has 1 aliphatic heterocycles. The predicted octanol–water partition coefficient (Wildman–Crippen LogP) is 4.34. The maximum Gasteiger partial charge on any atom is 0.267 e. The Morgan fingerprint density at radius 2 is 1.90 bits per heavy atom. The number of aryl methyl sites for hydroxylation is 1. The summed E-state index contributed by atoms with van der Waals surface area (Å²) in [6.45, 7) is 6.19. The van der Waals surface area contributed by atoms with Gasteiger partial charge < -0.3 is 0 Å². The van der Waals surface area contributed by atoms with E-state index in [0.29, 0.717) is 6.04 Å². The molecule has 1 aromatic heterocycles. The fraction of sp³-hybridized carbons (Fsp3) is 0.280. The Labute approximate surface area is 182 Å². The molecule has 2 aromatic carbocycles. The van der Waals surface area contributed by atoms with Crippen LogP contribution in [0, 0.1) is 13.8 Å². The average molecular weight is 417 g/mol. The van der Waals surface area contributed by atoms with Crippen LogP contribution in [-0.4, -0.2) is 32.3 Å². The topological polar surface area (TPSA) is 70.4 Å². The largest absolute Gasteiger partial charge is 0.292 e. The van der Waals surface area contributed by atoms with Crippen molar-refractivity contribution in [2.45, 2.75) is 39.3 Å². The monoisotopic (exact) mass is 416 g/mol. The number of hydrogen-bond donors (Lipinski definition) is 2. The summed E-state index contributed by atoms with van der Waals surface area (Å²) in [5.74, 6) is -0.534. The van der Waals surface area contributed by atoms with Gasteiger partial charge in [-0.15, -0.1) is 0 Å². The molecule has 6 heteroatoms. The first-order valence-electron chi connectivity index (χ1n) is 10.6. The number of para-hydroxylation sites is 1. The van der Waals surface area contributed by atoms with E-state index in [1.807, 2.05) is 35.0 Å². The van der Waals surface area contributed by atoms with Gasteiger partial charge in [0.05, 0.1) is 11.4 Å². The smallest absolute Gasteiger partial charge is 0.267 e. The minimum atomic E-state index is -0.534. The zero-order valence-corrected chi connectivity index (χ0v) is 18.0. The highest BCUT2D eigenvalue weighted by Crippen LogP contribution is 2.34. The summed E-state index contributed by atoms with van der Waals surface area (Å²) in [5.41, 5.74) is 8.47. The van der Waals surface area contributed by atoms with Crippen LogP contribution in [0.5, 0.6) is 0 Å². The zero-order valence-electron chi connectivity index (χ0n) is 18.0. The van der Waals surface area contributed by atoms with Crippen LogP contribution in [0.25, 0.3) is 11.8 Å². The number of rotatable bonds is 6. The molecule has 0 saturated carbocycles. The molecule has 3 aromatic rings. The molecule has 1 amide bonds. The van der Waals surface area contributed by atoms with Gasteiger partial charge in [0.25, 0.3) is 5.91 Å². The molecule has 0 aliphatic carbocycles. The Kier molecular flexibility index (Phi) is 6.30. The molecular formula is C25H28N4O2. The Morgan fingerprint density at radius 1 is 1.16 bits per heavy atom. The van der Waals surface area contributed by atoms with Crippen molar-refractivity contribution in [1.82, 2.24) is 20.2 Å². The number of benzene rings is 2. The van der Waals surface area contributed by atoms with Gasteiger partial charge in [-0.05, 0) is 62.6 Å². The van der Waals surface area contributed by atoms with E-state index in [2.05, 4.69) is 43.0 Å². The van der Waals surface area contributed by atoms with E-state index in [1.165, 1.54) is 29.3 Å². The fourth-order valence-corrected chi connectivity index (χ4v) is 4.36. The lowest BCUT2D eigenvalue weighted by atomic mass is 10.0. The summed E-state index contributed by atoms with van der Waals surface area (Å²) in [5, 5.41) is 13.4. The predicted molar refractivity (Wildman–Crippen MR) is 121 cm³/mol. The normalized spacial score (nSPS) is 16.8. The minimum Gasteiger partial charge on any atom is -0.292 e. The Morgan fingerprint density at radius 3 is 2.61 bits per heavy atom. The van der Waals surface area contributed by atoms with Gasteiger partial charge in [0.1, 0.15) is 0 Å². The van der Waals surface area contributed by atoms with Crippen LogP contribution >= 0.6 is 0 Å². The van der Waals surface area contributed by atoms with Crippen molar-refractivity contribution in [3.8, 4) is 5.69 Å². The van der Waals surface area contributed by atoms with Crippen LogP contribution in [0.15, 0.2) is 60.7 Å². The molecule has 1 saturated heterocycles. The number of aromatic nitrogens is 2. The van der Waals surface area contributed by atoms with Gasteiger partial charge in [-0.1, -0.05) is 42.5 Å². The first-order valence-corrected chi connectivity index (χ1v) is 10.6. The average Bonchev–Trinajstić information content (AvgIpc) is 3.38. The summed E-state index contributed by atoms with van der Waals surface area (Å²) in [4.78, 5) is 13.7. The van der Waals surface area contributed by atoms with E-state index in [1.54, 1.807) is 11.6 Å². The third kappa shape index (κ3) is 4.60. The first kappa shape index (κ1) is 21.0. The number of likely N-dealkylation sites (tertiary alicyclic amines) is 1. The van der Waals surface area contributed by atoms with Crippen molar-refractivity contribution in [3.63, 3.8) is 0 Å². The molecule has 2 heterocycles. The molecular weight excluding hydrogens is 388 g/mol. The molecule has 0 radical (unpaired) electrons. The number of carbonyl (C=O) groups excluding carboxylic acids is 1. The van der Waals surface area contributed by atoms with E-state index in [-0.39, 0.29) is 0 Å². The van der Waals surface area contributed by atoms with E-state index in [0.717, 1.165) is 36.5 Å². The van der Waals surface area contributed by atoms with Crippen molar-refractivity contribution < 1.29 is 10.0 Å². The number of hydrogen-bond acceptors (Lipinski definition) is 4. The maximum absolute atomic E-state index is 11.2. The molecule has 1 aliphatic rings. The zero-order chi connectivity index (χ0) is 21.8. The van der Waals surface area contributed by atoms with E-state index >= 15 is 0 Å². The van der Waals surface area contributed by atoms with E-state index in [9.17, 15) is 4.79 Å². The molecule has 1 unspecified atom stereocenters. The number of amides is 1. The Balaban J connectivity index is 1.52. The second kappa shape index (κ2) is 9.29. The molecule has 1 atom stereocenters. The second-order valence-electron chi connectivity index (χ2n) is 8.00. The lowest BCUT2D eigenvalue weighted by Gasteiger charge is -2.25. The van der Waals surface area contributed by atoms with Gasteiger partial charge in [-0.2, -0.15) is 5.10 Å². The summed E-state index contributed by atoms with van der Waals surface area (Å²) < 4.78 is 2.04. The van der Waals surface area contributed by atoms with Gasteiger partial charge in [0.15, 0.2) is 0 Å². The van der Waals surface area contributed by atoms with Gasteiger partial charge in [0, 0.05) is 29.9 Å². The van der Waals surface area contributed by atoms with Gasteiger partial charge in [-0.3, -0.25) is 14.9 Å². The highest BCUT2D eigenvalue weighted by molar-refractivity contribution is 5.90. The summed E-state index contributed by atoms with van der Waals surface area (Å²) >= 11 is 0. The minimum absolute atomic E-state index is 0.373. The SMILES string of the molecule is Cc1nn(-c2ccccc2)c(C)c1CN1CCCC1c1ccc(C=CC(=O)NO)cc1. The van der Waals surface area contributed by atoms with Gasteiger partial charge in [0.2, 0.25) is 0 Å².